The highest BCUT2D eigenvalue weighted by atomic mass is 35.5. The maximum absolute atomic E-state index is 10.4. The van der Waals surface area contributed by atoms with E-state index in [0.717, 1.165) is 0 Å². The first-order chi connectivity index (χ1) is 5.20. The molecule has 0 atom stereocenters. The van der Waals surface area contributed by atoms with Gasteiger partial charge in [0.05, 0.1) is 12.8 Å². The summed E-state index contributed by atoms with van der Waals surface area (Å²) in [6.07, 6.45) is -0.416. The number of halogens is 1. The highest BCUT2D eigenvalue weighted by molar-refractivity contribution is 6.13. The van der Waals surface area contributed by atoms with Crippen LogP contribution in [0.5, 0.6) is 0 Å². The number of rotatable bonds is 4. The fraction of sp³-hybridized carbons (Fsp3) is 0.400. The van der Waals surface area contributed by atoms with Gasteiger partial charge in [-0.25, -0.2) is 0 Å². The third-order valence-corrected chi connectivity index (χ3v) is 0.971. The van der Waals surface area contributed by atoms with Crippen molar-refractivity contribution in [1.82, 2.24) is 0 Å². The number of hydrogen-bond acceptors (Lipinski definition) is 5. The molecule has 0 unspecified atom stereocenters. The van der Waals surface area contributed by atoms with Crippen molar-refractivity contribution in [3.05, 3.63) is 0 Å². The molecule has 0 heterocycles. The van der Waals surface area contributed by atoms with Gasteiger partial charge in [0.15, 0.2) is 0 Å². The van der Waals surface area contributed by atoms with E-state index in [4.69, 9.17) is 0 Å². The van der Waals surface area contributed by atoms with E-state index in [1.807, 2.05) is 0 Å². The molecule has 0 aromatic carbocycles. The van der Waals surface area contributed by atoms with Crippen LogP contribution in [0, 0.1) is 0 Å². The van der Waals surface area contributed by atoms with Crippen molar-refractivity contribution in [3.8, 4) is 0 Å². The van der Waals surface area contributed by atoms with Gasteiger partial charge in [-0.05, 0) is 0 Å². The average Bonchev–Trinajstić information content (AvgIpc) is 2.01. The molecule has 5 nitrogen and oxygen atoms in total. The van der Waals surface area contributed by atoms with Gasteiger partial charge in [-0.15, -0.1) is 0 Å². The van der Waals surface area contributed by atoms with Gasteiger partial charge in [0.1, 0.15) is 11.9 Å². The van der Waals surface area contributed by atoms with E-state index in [0.29, 0.717) is 0 Å². The summed E-state index contributed by atoms with van der Waals surface area (Å²) >= 11 is 4.64. The van der Waals surface area contributed by atoms with Gasteiger partial charge in [0, 0.05) is 0 Å². The second-order valence-corrected chi connectivity index (χ2v) is 1.69. The quantitative estimate of drug-likeness (QED) is 0.350. The first-order valence-corrected chi connectivity index (χ1v) is 2.96. The Labute approximate surface area is 67.4 Å². The zero-order valence-corrected chi connectivity index (χ0v) is 6.17. The van der Waals surface area contributed by atoms with Crippen LogP contribution in [-0.4, -0.2) is 18.4 Å². The fourth-order valence-corrected chi connectivity index (χ4v) is 0.432. The Hall–Kier alpha value is -1.10. The first kappa shape index (κ1) is 9.90. The molecule has 0 fully saturated rings. The highest BCUT2D eigenvalue weighted by Crippen LogP contribution is 1.95. The fourth-order valence-electron chi connectivity index (χ4n) is 0.355. The van der Waals surface area contributed by atoms with Crippen LogP contribution < -0.4 is 0 Å². The van der Waals surface area contributed by atoms with E-state index in [9.17, 15) is 14.4 Å². The predicted octanol–water partition coefficient (Wildman–Crippen LogP) is 0.163. The van der Waals surface area contributed by atoms with Crippen molar-refractivity contribution in [2.45, 2.75) is 12.8 Å². The Balaban J connectivity index is 3.45. The van der Waals surface area contributed by atoms with E-state index in [1.54, 1.807) is 0 Å². The van der Waals surface area contributed by atoms with Crippen molar-refractivity contribution in [2.75, 3.05) is 0 Å². The highest BCUT2D eigenvalue weighted by Gasteiger charge is 2.07. The Morgan fingerprint density at radius 3 is 2.27 bits per heavy atom. The van der Waals surface area contributed by atoms with Crippen molar-refractivity contribution in [2.24, 2.45) is 0 Å². The van der Waals surface area contributed by atoms with Gasteiger partial charge in [-0.2, -0.15) is 0 Å². The van der Waals surface area contributed by atoms with Crippen molar-refractivity contribution >= 4 is 30.3 Å². The van der Waals surface area contributed by atoms with Gasteiger partial charge in [0.2, 0.25) is 0 Å². The third kappa shape index (κ3) is 5.35. The normalized spacial score (nSPS) is 8.45. The zero-order chi connectivity index (χ0) is 8.69. The molecule has 0 aromatic heterocycles. The van der Waals surface area contributed by atoms with Crippen molar-refractivity contribution in [1.29, 1.82) is 0 Å². The molecule has 0 saturated carbocycles. The molecule has 0 aliphatic heterocycles. The Morgan fingerprint density at radius 2 is 1.82 bits per heavy atom. The standard InChI is InChI=1S/C5H5ClO5/c6-11-5(9)2-1-4(8)10-3-7/h3H,1-2H2. The number of carbonyl (C=O) groups excluding carboxylic acids is 3. The monoisotopic (exact) mass is 180 g/mol. The van der Waals surface area contributed by atoms with Crippen LogP contribution in [0.15, 0.2) is 0 Å². The number of esters is 1. The molecule has 0 saturated heterocycles. The summed E-state index contributed by atoms with van der Waals surface area (Å²) in [5.41, 5.74) is 0. The maximum Gasteiger partial charge on any atom is 0.325 e. The summed E-state index contributed by atoms with van der Waals surface area (Å²) in [6, 6.07) is 0. The molecule has 0 bridgehead atoms. The molecule has 0 rings (SSSR count). The van der Waals surface area contributed by atoms with Crippen LogP contribution in [0.2, 0.25) is 0 Å². The van der Waals surface area contributed by atoms with Crippen LogP contribution in [0.25, 0.3) is 0 Å². The van der Waals surface area contributed by atoms with E-state index < -0.39 is 11.9 Å². The largest absolute Gasteiger partial charge is 0.395 e. The lowest BCUT2D eigenvalue weighted by Gasteiger charge is -1.93. The second kappa shape index (κ2) is 5.67. The molecule has 6 heteroatoms. The van der Waals surface area contributed by atoms with Gasteiger partial charge in [-0.1, -0.05) is 0 Å². The van der Waals surface area contributed by atoms with Gasteiger partial charge >= 0.3 is 18.4 Å². The number of ether oxygens (including phenoxy) is 1. The minimum Gasteiger partial charge on any atom is -0.395 e. The third-order valence-electron chi connectivity index (χ3n) is 0.799. The van der Waals surface area contributed by atoms with Crippen LogP contribution in [0.1, 0.15) is 12.8 Å². The Bertz CT molecular complexity index is 166. The second-order valence-electron chi connectivity index (χ2n) is 1.54. The van der Waals surface area contributed by atoms with E-state index in [-0.39, 0.29) is 19.3 Å². The molecular formula is C5H5ClO5. The summed E-state index contributed by atoms with van der Waals surface area (Å²) in [7, 11) is 0. The lowest BCUT2D eigenvalue weighted by Crippen LogP contribution is -2.06. The van der Waals surface area contributed by atoms with Crippen LogP contribution in [0.3, 0.4) is 0 Å². The van der Waals surface area contributed by atoms with Crippen molar-refractivity contribution < 1.29 is 23.4 Å². The van der Waals surface area contributed by atoms with E-state index in [1.165, 1.54) is 0 Å². The van der Waals surface area contributed by atoms with Crippen LogP contribution in [-0.2, 0) is 23.4 Å². The lowest BCUT2D eigenvalue weighted by atomic mass is 10.3. The smallest absolute Gasteiger partial charge is 0.325 e. The molecule has 0 N–H and O–H groups in total. The van der Waals surface area contributed by atoms with Gasteiger partial charge in [-0.3, -0.25) is 14.4 Å². The summed E-state index contributed by atoms with van der Waals surface area (Å²) < 4.78 is 7.58. The topological polar surface area (TPSA) is 69.7 Å². The minimum absolute atomic E-state index is 0.00559. The van der Waals surface area contributed by atoms with E-state index >= 15 is 0 Å². The lowest BCUT2D eigenvalue weighted by molar-refractivity contribution is -0.153. The molecule has 0 aromatic rings. The molecule has 0 aliphatic carbocycles. The minimum atomic E-state index is -0.790. The molecule has 62 valence electrons. The van der Waals surface area contributed by atoms with Gasteiger partial charge < -0.3 is 9.03 Å². The molecule has 0 radical (unpaired) electrons. The van der Waals surface area contributed by atoms with Gasteiger partial charge in [0.25, 0.3) is 0 Å². The predicted molar refractivity (Wildman–Crippen MR) is 33.3 cm³/mol. The average molecular weight is 181 g/mol. The number of hydrogen-bond donors (Lipinski definition) is 0. The Kier molecular flexibility index (Phi) is 5.10. The summed E-state index contributed by atoms with van der Waals surface area (Å²) in [5.74, 6) is -1.53. The van der Waals surface area contributed by atoms with Crippen LogP contribution >= 0.6 is 11.9 Å². The van der Waals surface area contributed by atoms with E-state index in [2.05, 4.69) is 20.9 Å². The molecule has 0 amide bonds. The molecule has 0 aliphatic rings. The summed E-state index contributed by atoms with van der Waals surface area (Å²) in [4.78, 5) is 30.2. The maximum atomic E-state index is 10.4. The SMILES string of the molecule is O=COC(=O)CCC(=O)OCl. The zero-order valence-electron chi connectivity index (χ0n) is 5.41. The number of carbonyl (C=O) groups is 3. The summed E-state index contributed by atoms with van der Waals surface area (Å²) in [6.45, 7) is -0.00559. The van der Waals surface area contributed by atoms with Crippen LogP contribution in [0.4, 0.5) is 0 Å². The molecule has 11 heavy (non-hydrogen) atoms. The van der Waals surface area contributed by atoms with Crippen molar-refractivity contribution in [3.63, 3.8) is 0 Å². The molecule has 0 spiro atoms. The first-order valence-electron chi connectivity index (χ1n) is 2.65. The summed E-state index contributed by atoms with van der Waals surface area (Å²) in [5, 5.41) is 0. The molecular weight excluding hydrogens is 176 g/mol. The Morgan fingerprint density at radius 1 is 1.27 bits per heavy atom.